The maximum absolute atomic E-state index is 2.31. The molecule has 0 bridgehead atoms. The summed E-state index contributed by atoms with van der Waals surface area (Å²) in [6, 6.07) is 0. The van der Waals surface area contributed by atoms with E-state index >= 15 is 0 Å². The lowest BCUT2D eigenvalue weighted by atomic mass is 10.1. The Hall–Kier alpha value is 0.350. The number of rotatable bonds is 5. The van der Waals surface area contributed by atoms with Crippen LogP contribution in [0.5, 0.6) is 0 Å². The van der Waals surface area contributed by atoms with E-state index in [1.807, 2.05) is 11.8 Å². The first-order chi connectivity index (χ1) is 4.62. The second-order valence-corrected chi connectivity index (χ2v) is 4.88. The third kappa shape index (κ3) is 5.16. The second kappa shape index (κ2) is 5.06. The van der Waals surface area contributed by atoms with Gasteiger partial charge in [0.25, 0.3) is 0 Å². The molecule has 0 aromatic carbocycles. The molecular formula is C9H19S. The number of hydrogen-bond donors (Lipinski definition) is 0. The smallest absolute Gasteiger partial charge is 0.0169 e. The highest BCUT2D eigenvalue weighted by atomic mass is 32.2. The lowest BCUT2D eigenvalue weighted by molar-refractivity contribution is 0.628. The number of hydrogen-bond acceptors (Lipinski definition) is 1. The minimum absolute atomic E-state index is 0.463. The van der Waals surface area contributed by atoms with Crippen molar-refractivity contribution in [2.45, 2.75) is 51.7 Å². The molecule has 0 atom stereocenters. The van der Waals surface area contributed by atoms with Crippen molar-refractivity contribution in [2.75, 3.05) is 0 Å². The predicted molar refractivity (Wildman–Crippen MR) is 51.2 cm³/mol. The van der Waals surface area contributed by atoms with Crippen LogP contribution < -0.4 is 0 Å². The zero-order valence-electron chi connectivity index (χ0n) is 7.61. The van der Waals surface area contributed by atoms with Crippen LogP contribution in [-0.4, -0.2) is 4.75 Å². The van der Waals surface area contributed by atoms with Crippen LogP contribution in [0, 0.1) is 5.75 Å². The van der Waals surface area contributed by atoms with Crippen molar-refractivity contribution in [2.24, 2.45) is 0 Å². The van der Waals surface area contributed by atoms with Crippen LogP contribution in [0.4, 0.5) is 0 Å². The summed E-state index contributed by atoms with van der Waals surface area (Å²) < 4.78 is 0.463. The lowest BCUT2D eigenvalue weighted by Gasteiger charge is -2.22. The highest BCUT2D eigenvalue weighted by molar-refractivity contribution is 8.02. The van der Waals surface area contributed by atoms with Crippen LogP contribution in [0.25, 0.3) is 0 Å². The molecule has 0 fully saturated rings. The molecule has 0 aromatic heterocycles. The molecule has 0 nitrogen and oxygen atoms in total. The van der Waals surface area contributed by atoms with Crippen molar-refractivity contribution in [3.05, 3.63) is 5.75 Å². The van der Waals surface area contributed by atoms with Crippen molar-refractivity contribution in [1.82, 2.24) is 0 Å². The molecule has 1 radical (unpaired) electrons. The Morgan fingerprint density at radius 3 is 2.30 bits per heavy atom. The fraction of sp³-hybridized carbons (Fsp3) is 0.889. The maximum Gasteiger partial charge on any atom is 0.0169 e. The van der Waals surface area contributed by atoms with Gasteiger partial charge >= 0.3 is 0 Å². The van der Waals surface area contributed by atoms with E-state index in [1.165, 1.54) is 19.3 Å². The SMILES string of the molecule is CC[CH]SC(C)(C)CCC. The average molecular weight is 159 g/mol. The normalized spacial score (nSPS) is 12.0. The first kappa shape index (κ1) is 10.3. The second-order valence-electron chi connectivity index (χ2n) is 3.20. The van der Waals surface area contributed by atoms with E-state index in [-0.39, 0.29) is 0 Å². The number of thioether (sulfide) groups is 1. The summed E-state index contributed by atoms with van der Waals surface area (Å²) in [5, 5.41) is 0. The Bertz CT molecular complexity index is 76.8. The first-order valence-corrected chi connectivity index (χ1v) is 5.00. The summed E-state index contributed by atoms with van der Waals surface area (Å²) >= 11 is 1.98. The Morgan fingerprint density at radius 2 is 1.90 bits per heavy atom. The summed E-state index contributed by atoms with van der Waals surface area (Å²) in [7, 11) is 0. The Labute approximate surface area is 69.8 Å². The quantitative estimate of drug-likeness (QED) is 0.587. The molecule has 0 saturated heterocycles. The van der Waals surface area contributed by atoms with Gasteiger partial charge in [-0.15, -0.1) is 0 Å². The van der Waals surface area contributed by atoms with Crippen molar-refractivity contribution in [3.8, 4) is 0 Å². The summed E-state index contributed by atoms with van der Waals surface area (Å²) in [4.78, 5) is 0. The van der Waals surface area contributed by atoms with E-state index in [4.69, 9.17) is 0 Å². The molecule has 0 aliphatic rings. The van der Waals surface area contributed by atoms with E-state index < -0.39 is 0 Å². The van der Waals surface area contributed by atoms with Gasteiger partial charge in [0, 0.05) is 10.5 Å². The van der Waals surface area contributed by atoms with E-state index in [0.717, 1.165) is 0 Å². The minimum Gasteiger partial charge on any atom is -0.151 e. The fourth-order valence-electron chi connectivity index (χ4n) is 0.970. The van der Waals surface area contributed by atoms with Crippen LogP contribution in [0.2, 0.25) is 0 Å². The third-order valence-electron chi connectivity index (χ3n) is 1.42. The van der Waals surface area contributed by atoms with Gasteiger partial charge in [0.1, 0.15) is 0 Å². The molecule has 0 spiro atoms. The van der Waals surface area contributed by atoms with E-state index in [0.29, 0.717) is 4.75 Å². The summed E-state index contributed by atoms with van der Waals surface area (Å²) in [6.45, 7) is 9.06. The molecule has 0 amide bonds. The molecule has 0 aromatic rings. The van der Waals surface area contributed by atoms with Crippen LogP contribution in [-0.2, 0) is 0 Å². The molecule has 0 saturated carbocycles. The Balaban J connectivity index is 3.42. The standard InChI is InChI=1S/C9H19S/c1-5-7-9(3,4)10-8-6-2/h8H,5-7H2,1-4H3. The largest absolute Gasteiger partial charge is 0.151 e. The minimum atomic E-state index is 0.463. The van der Waals surface area contributed by atoms with E-state index in [1.54, 1.807) is 0 Å². The molecule has 0 aliphatic carbocycles. The molecule has 0 heterocycles. The zero-order chi connectivity index (χ0) is 8.04. The van der Waals surface area contributed by atoms with Gasteiger partial charge < -0.3 is 0 Å². The lowest BCUT2D eigenvalue weighted by Crippen LogP contribution is -2.13. The zero-order valence-corrected chi connectivity index (χ0v) is 8.42. The van der Waals surface area contributed by atoms with Gasteiger partial charge in [-0.3, -0.25) is 0 Å². The predicted octanol–water partition coefficient (Wildman–Crippen LogP) is 3.87. The molecule has 0 rings (SSSR count). The average Bonchev–Trinajstić information content (AvgIpc) is 1.84. The molecule has 0 N–H and O–H groups in total. The van der Waals surface area contributed by atoms with Crippen LogP contribution in [0.15, 0.2) is 0 Å². The summed E-state index contributed by atoms with van der Waals surface area (Å²) in [5.41, 5.74) is 0. The van der Waals surface area contributed by atoms with Crippen molar-refractivity contribution in [3.63, 3.8) is 0 Å². The molecule has 61 valence electrons. The Morgan fingerprint density at radius 1 is 1.30 bits per heavy atom. The molecule has 1 heteroatoms. The van der Waals surface area contributed by atoms with Gasteiger partial charge in [0.15, 0.2) is 0 Å². The van der Waals surface area contributed by atoms with Crippen molar-refractivity contribution in [1.29, 1.82) is 0 Å². The fourth-order valence-corrected chi connectivity index (χ4v) is 1.91. The van der Waals surface area contributed by atoms with E-state index in [2.05, 4.69) is 33.4 Å². The van der Waals surface area contributed by atoms with Crippen LogP contribution in [0.1, 0.15) is 47.0 Å². The van der Waals surface area contributed by atoms with Crippen LogP contribution in [0.3, 0.4) is 0 Å². The van der Waals surface area contributed by atoms with Gasteiger partial charge in [0.05, 0.1) is 0 Å². The van der Waals surface area contributed by atoms with Gasteiger partial charge in [-0.1, -0.05) is 34.1 Å². The van der Waals surface area contributed by atoms with Crippen molar-refractivity contribution >= 4 is 11.8 Å². The highest BCUT2D eigenvalue weighted by Gasteiger charge is 2.15. The van der Waals surface area contributed by atoms with Gasteiger partial charge in [-0.2, -0.15) is 11.8 Å². The summed E-state index contributed by atoms with van der Waals surface area (Å²) in [5.74, 6) is 2.30. The van der Waals surface area contributed by atoms with Crippen molar-refractivity contribution < 1.29 is 0 Å². The summed E-state index contributed by atoms with van der Waals surface area (Å²) in [6.07, 6.45) is 3.78. The monoisotopic (exact) mass is 159 g/mol. The third-order valence-corrected chi connectivity index (χ3v) is 2.76. The first-order valence-electron chi connectivity index (χ1n) is 4.12. The van der Waals surface area contributed by atoms with Crippen LogP contribution >= 0.6 is 11.8 Å². The van der Waals surface area contributed by atoms with Gasteiger partial charge in [-0.25, -0.2) is 0 Å². The molecule has 0 aliphatic heterocycles. The molecular weight excluding hydrogens is 140 g/mol. The topological polar surface area (TPSA) is 0 Å². The molecule has 0 unspecified atom stereocenters. The van der Waals surface area contributed by atoms with Gasteiger partial charge in [0.2, 0.25) is 0 Å². The highest BCUT2D eigenvalue weighted by Crippen LogP contribution is 2.31. The maximum atomic E-state index is 2.31. The van der Waals surface area contributed by atoms with Gasteiger partial charge in [-0.05, 0) is 12.8 Å². The van der Waals surface area contributed by atoms with E-state index in [9.17, 15) is 0 Å². The molecule has 10 heavy (non-hydrogen) atoms. The Kier molecular flexibility index (Phi) is 5.24.